The van der Waals surface area contributed by atoms with Crippen molar-refractivity contribution in [2.45, 2.75) is 17.2 Å². The van der Waals surface area contributed by atoms with Crippen molar-refractivity contribution in [1.29, 1.82) is 0 Å². The zero-order valence-corrected chi connectivity index (χ0v) is 15.7. The minimum Gasteiger partial charge on any atom is -0.225 e. The Morgan fingerprint density at radius 1 is 0.667 bits per heavy atom. The Morgan fingerprint density at radius 2 is 1.23 bits per heavy atom. The van der Waals surface area contributed by atoms with E-state index in [0.717, 1.165) is 18.2 Å². The minimum absolute atomic E-state index is 0.00745. The topological polar surface area (TPSA) is 60.2 Å². The van der Waals surface area contributed by atoms with Gasteiger partial charge in [-0.25, -0.2) is 13.6 Å². The van der Waals surface area contributed by atoms with Crippen molar-refractivity contribution >= 4 is 10.0 Å². The molecule has 0 amide bonds. The van der Waals surface area contributed by atoms with Crippen LogP contribution in [0.15, 0.2) is 71.6 Å². The number of sulfonamides is 1. The van der Waals surface area contributed by atoms with Crippen molar-refractivity contribution in [2.75, 3.05) is 0 Å². The van der Waals surface area contributed by atoms with Crippen LogP contribution in [0.25, 0.3) is 22.3 Å². The van der Waals surface area contributed by atoms with Crippen LogP contribution in [0.5, 0.6) is 0 Å². The molecule has 2 N–H and O–H groups in total. The van der Waals surface area contributed by atoms with Crippen molar-refractivity contribution in [3.63, 3.8) is 0 Å². The first-order valence-electron chi connectivity index (χ1n) is 8.31. The maximum atomic E-state index is 13.8. The summed E-state index contributed by atoms with van der Waals surface area (Å²) in [5.41, 5.74) is -5.08. The Labute approximate surface area is 167 Å². The number of halogens is 6. The molecular formula is C20H13F6NO2S. The van der Waals surface area contributed by atoms with E-state index in [1.165, 1.54) is 24.3 Å². The van der Waals surface area contributed by atoms with E-state index in [0.29, 0.717) is 11.6 Å². The molecule has 0 bridgehead atoms. The Balaban J connectivity index is 2.54. The summed E-state index contributed by atoms with van der Waals surface area (Å²) in [4.78, 5) is -0.714. The second-order valence-electron chi connectivity index (χ2n) is 6.31. The summed E-state index contributed by atoms with van der Waals surface area (Å²) in [6, 6.07) is 13.1. The third-order valence-electron chi connectivity index (χ3n) is 4.34. The van der Waals surface area contributed by atoms with Crippen LogP contribution >= 0.6 is 0 Å². The quantitative estimate of drug-likeness (QED) is 0.526. The van der Waals surface area contributed by atoms with Crippen molar-refractivity contribution in [3.8, 4) is 22.3 Å². The third-order valence-corrected chi connectivity index (χ3v) is 5.29. The Morgan fingerprint density at radius 3 is 1.77 bits per heavy atom. The monoisotopic (exact) mass is 445 g/mol. The van der Waals surface area contributed by atoms with Gasteiger partial charge in [0.2, 0.25) is 10.0 Å². The standard InChI is InChI=1S/C20H13F6NO2S/c21-19(22,23)15-10-4-9-14(18(15)20(24,25)26)17-13(12-6-2-1-3-7-12)8-5-11-16(17)30(27,28)29/h1-11H,(H2,27,28,29). The molecule has 0 aliphatic rings. The van der Waals surface area contributed by atoms with E-state index in [9.17, 15) is 34.8 Å². The molecule has 0 saturated heterocycles. The van der Waals surface area contributed by atoms with Gasteiger partial charge in [0.25, 0.3) is 0 Å². The average molecular weight is 445 g/mol. The van der Waals surface area contributed by atoms with Gasteiger partial charge in [-0.1, -0.05) is 54.6 Å². The molecule has 0 unspecified atom stereocenters. The molecule has 3 aromatic carbocycles. The number of rotatable bonds is 3. The third kappa shape index (κ3) is 4.19. The lowest BCUT2D eigenvalue weighted by Gasteiger charge is -2.22. The van der Waals surface area contributed by atoms with Gasteiger partial charge in [0.15, 0.2) is 0 Å². The number of hydrogen-bond acceptors (Lipinski definition) is 2. The molecule has 3 aromatic rings. The van der Waals surface area contributed by atoms with Gasteiger partial charge in [-0.15, -0.1) is 0 Å². The first-order chi connectivity index (χ1) is 13.8. The van der Waals surface area contributed by atoms with Crippen LogP contribution in [0.2, 0.25) is 0 Å². The largest absolute Gasteiger partial charge is 0.417 e. The molecule has 0 spiro atoms. The Hall–Kier alpha value is -2.85. The molecule has 0 aliphatic carbocycles. The fourth-order valence-electron chi connectivity index (χ4n) is 3.21. The summed E-state index contributed by atoms with van der Waals surface area (Å²) in [5, 5.41) is 5.19. The molecule has 0 saturated carbocycles. The molecule has 30 heavy (non-hydrogen) atoms. The zero-order valence-electron chi connectivity index (χ0n) is 14.9. The summed E-state index contributed by atoms with van der Waals surface area (Å²) in [7, 11) is -4.57. The summed E-state index contributed by atoms with van der Waals surface area (Å²) in [6.07, 6.45) is -10.7. The number of benzene rings is 3. The molecule has 0 radical (unpaired) electrons. The number of hydrogen-bond donors (Lipinski definition) is 1. The molecule has 0 atom stereocenters. The highest BCUT2D eigenvalue weighted by atomic mass is 32.2. The lowest BCUT2D eigenvalue weighted by Crippen LogP contribution is -2.19. The highest BCUT2D eigenvalue weighted by Gasteiger charge is 2.45. The molecule has 3 rings (SSSR count). The van der Waals surface area contributed by atoms with Crippen molar-refractivity contribution in [2.24, 2.45) is 5.14 Å². The van der Waals surface area contributed by atoms with Crippen LogP contribution in [0.4, 0.5) is 26.3 Å². The van der Waals surface area contributed by atoms with E-state index >= 15 is 0 Å². The fraction of sp³-hybridized carbons (Fsp3) is 0.100. The van der Waals surface area contributed by atoms with Crippen LogP contribution in [0.3, 0.4) is 0 Å². The van der Waals surface area contributed by atoms with Gasteiger partial charge in [-0.2, -0.15) is 26.3 Å². The summed E-state index contributed by atoms with van der Waals surface area (Å²) in [5.74, 6) is 0. The van der Waals surface area contributed by atoms with E-state index in [1.807, 2.05) is 0 Å². The van der Waals surface area contributed by atoms with Crippen LogP contribution in [0.1, 0.15) is 11.1 Å². The molecule has 3 nitrogen and oxygen atoms in total. The summed E-state index contributed by atoms with van der Waals surface area (Å²) >= 11 is 0. The van der Waals surface area contributed by atoms with Gasteiger partial charge in [0, 0.05) is 5.56 Å². The van der Waals surface area contributed by atoms with E-state index in [-0.39, 0.29) is 5.56 Å². The van der Waals surface area contributed by atoms with Crippen LogP contribution in [0, 0.1) is 0 Å². The highest BCUT2D eigenvalue weighted by Crippen LogP contribution is 2.48. The van der Waals surface area contributed by atoms with Gasteiger partial charge in [0.05, 0.1) is 16.0 Å². The molecule has 0 heterocycles. The molecule has 0 aliphatic heterocycles. The first kappa shape index (κ1) is 21.8. The van der Waals surface area contributed by atoms with E-state index in [1.54, 1.807) is 18.2 Å². The Bertz CT molecular complexity index is 1190. The average Bonchev–Trinajstić information content (AvgIpc) is 2.65. The number of alkyl halides is 6. The van der Waals surface area contributed by atoms with E-state index in [2.05, 4.69) is 0 Å². The van der Waals surface area contributed by atoms with Crippen LogP contribution in [-0.2, 0) is 22.4 Å². The maximum absolute atomic E-state index is 13.8. The van der Waals surface area contributed by atoms with E-state index in [4.69, 9.17) is 5.14 Å². The zero-order chi connectivity index (χ0) is 22.3. The van der Waals surface area contributed by atoms with E-state index < -0.39 is 49.5 Å². The van der Waals surface area contributed by atoms with Gasteiger partial charge >= 0.3 is 12.4 Å². The van der Waals surface area contributed by atoms with Crippen molar-refractivity contribution in [3.05, 3.63) is 77.9 Å². The SMILES string of the molecule is NS(=O)(=O)c1cccc(-c2ccccc2)c1-c1cccc(C(F)(F)F)c1C(F)(F)F. The molecule has 0 aromatic heterocycles. The smallest absolute Gasteiger partial charge is 0.225 e. The molecule has 0 fully saturated rings. The molecule has 10 heteroatoms. The summed E-state index contributed by atoms with van der Waals surface area (Å²) < 4.78 is 106. The van der Waals surface area contributed by atoms with Crippen molar-refractivity contribution in [1.82, 2.24) is 0 Å². The lowest BCUT2D eigenvalue weighted by atomic mass is 9.89. The molecule has 158 valence electrons. The summed E-state index contributed by atoms with van der Waals surface area (Å²) in [6.45, 7) is 0. The highest BCUT2D eigenvalue weighted by molar-refractivity contribution is 7.89. The normalized spacial score (nSPS) is 12.8. The van der Waals surface area contributed by atoms with Crippen LogP contribution in [-0.4, -0.2) is 8.42 Å². The number of nitrogens with two attached hydrogens (primary N) is 1. The first-order valence-corrected chi connectivity index (χ1v) is 9.85. The predicted molar refractivity (Wildman–Crippen MR) is 98.7 cm³/mol. The fourth-order valence-corrected chi connectivity index (χ4v) is 3.98. The minimum atomic E-state index is -5.42. The van der Waals surface area contributed by atoms with Gasteiger partial charge < -0.3 is 0 Å². The van der Waals surface area contributed by atoms with Gasteiger partial charge in [-0.3, -0.25) is 0 Å². The predicted octanol–water partition coefficient (Wildman–Crippen LogP) is 5.71. The van der Waals surface area contributed by atoms with Gasteiger partial charge in [-0.05, 0) is 28.8 Å². The lowest BCUT2D eigenvalue weighted by molar-refractivity contribution is -0.161. The maximum Gasteiger partial charge on any atom is 0.417 e. The molecular weight excluding hydrogens is 432 g/mol. The Kier molecular flexibility index (Phi) is 5.42. The van der Waals surface area contributed by atoms with Crippen molar-refractivity contribution < 1.29 is 34.8 Å². The van der Waals surface area contributed by atoms with Crippen LogP contribution < -0.4 is 5.14 Å². The second-order valence-corrected chi connectivity index (χ2v) is 7.84. The number of primary sulfonamides is 1. The second kappa shape index (κ2) is 7.44. The van der Waals surface area contributed by atoms with Gasteiger partial charge in [0.1, 0.15) is 0 Å².